The normalized spacial score (nSPS) is 13.3. The highest BCUT2D eigenvalue weighted by Crippen LogP contribution is 2.33. The van der Waals surface area contributed by atoms with Crippen LogP contribution in [-0.2, 0) is 17.5 Å². The molecule has 1 aromatic heterocycles. The minimum Gasteiger partial charge on any atom is -0.378 e. The maximum absolute atomic E-state index is 13.0. The Balaban J connectivity index is 2.20. The number of carbonyl (C=O) groups excluding carboxylic acids is 1. The smallest absolute Gasteiger partial charge is 0.378 e. The number of nitriles is 1. The lowest BCUT2D eigenvalue weighted by molar-refractivity contribution is -0.138. The van der Waals surface area contributed by atoms with Crippen LogP contribution in [0.3, 0.4) is 0 Å². The van der Waals surface area contributed by atoms with Crippen LogP contribution in [0.4, 0.5) is 18.9 Å². The SMILES string of the molecule is C#Cc1cnn(CC(C)(O)C(=O)Nc2ccc(C#N)c(C(F)(F)F)c2)c1. The van der Waals surface area contributed by atoms with E-state index in [-0.39, 0.29) is 12.2 Å². The number of alkyl halides is 3. The molecule has 0 fully saturated rings. The highest BCUT2D eigenvalue weighted by Gasteiger charge is 2.35. The number of terminal acetylenes is 1. The van der Waals surface area contributed by atoms with Gasteiger partial charge in [-0.15, -0.1) is 6.42 Å². The van der Waals surface area contributed by atoms with Gasteiger partial charge in [0.15, 0.2) is 5.60 Å². The number of aliphatic hydroxyl groups is 1. The molecule has 1 heterocycles. The van der Waals surface area contributed by atoms with Crippen molar-refractivity contribution >= 4 is 11.6 Å². The minimum atomic E-state index is -4.75. The van der Waals surface area contributed by atoms with E-state index in [0.29, 0.717) is 11.6 Å². The molecule has 2 rings (SSSR count). The summed E-state index contributed by atoms with van der Waals surface area (Å²) in [4.78, 5) is 12.2. The number of hydrogen-bond acceptors (Lipinski definition) is 4. The summed E-state index contributed by atoms with van der Waals surface area (Å²) in [5, 5.41) is 25.2. The zero-order chi connectivity index (χ0) is 19.5. The largest absolute Gasteiger partial charge is 0.417 e. The minimum absolute atomic E-state index is 0.202. The Morgan fingerprint density at radius 2 is 2.15 bits per heavy atom. The van der Waals surface area contributed by atoms with Crippen molar-refractivity contribution < 1.29 is 23.1 Å². The van der Waals surface area contributed by atoms with Crippen LogP contribution in [0.25, 0.3) is 0 Å². The van der Waals surface area contributed by atoms with Gasteiger partial charge in [0.2, 0.25) is 0 Å². The highest BCUT2D eigenvalue weighted by atomic mass is 19.4. The third kappa shape index (κ3) is 4.21. The Kier molecular flexibility index (Phi) is 5.05. The second-order valence-corrected chi connectivity index (χ2v) is 5.67. The van der Waals surface area contributed by atoms with E-state index < -0.39 is 28.8 Å². The monoisotopic (exact) mass is 362 g/mol. The second kappa shape index (κ2) is 6.90. The summed E-state index contributed by atoms with van der Waals surface area (Å²) in [6.07, 6.45) is 3.25. The van der Waals surface area contributed by atoms with Crippen molar-refractivity contribution in [1.82, 2.24) is 9.78 Å². The quantitative estimate of drug-likeness (QED) is 0.816. The highest BCUT2D eigenvalue weighted by molar-refractivity contribution is 5.96. The number of nitrogens with one attached hydrogen (secondary N) is 1. The van der Waals surface area contributed by atoms with Crippen molar-refractivity contribution in [2.24, 2.45) is 0 Å². The lowest BCUT2D eigenvalue weighted by Crippen LogP contribution is -2.43. The van der Waals surface area contributed by atoms with Crippen molar-refractivity contribution in [2.45, 2.75) is 25.2 Å². The van der Waals surface area contributed by atoms with Gasteiger partial charge >= 0.3 is 6.18 Å². The number of nitrogens with zero attached hydrogens (tertiary/aromatic N) is 3. The Hall–Kier alpha value is -3.30. The first-order valence-corrected chi connectivity index (χ1v) is 7.21. The van der Waals surface area contributed by atoms with Gasteiger partial charge in [-0.2, -0.15) is 23.5 Å². The number of carbonyl (C=O) groups is 1. The molecule has 0 radical (unpaired) electrons. The molecule has 134 valence electrons. The van der Waals surface area contributed by atoms with Crippen LogP contribution in [0, 0.1) is 23.7 Å². The van der Waals surface area contributed by atoms with E-state index in [4.69, 9.17) is 11.7 Å². The fourth-order valence-corrected chi connectivity index (χ4v) is 2.13. The molecule has 0 aliphatic carbocycles. The fraction of sp³-hybridized carbons (Fsp3) is 0.235. The predicted octanol–water partition coefficient (Wildman–Crippen LogP) is 2.14. The molecule has 1 unspecified atom stereocenters. The van der Waals surface area contributed by atoms with Crippen LogP contribution < -0.4 is 5.32 Å². The Bertz CT molecular complexity index is 917. The molecular formula is C17H13F3N4O2. The molecule has 26 heavy (non-hydrogen) atoms. The molecule has 0 aliphatic rings. The molecule has 1 atom stereocenters. The summed E-state index contributed by atoms with van der Waals surface area (Å²) in [6, 6.07) is 4.17. The van der Waals surface area contributed by atoms with Crippen LogP contribution >= 0.6 is 0 Å². The first kappa shape index (κ1) is 19.0. The van der Waals surface area contributed by atoms with E-state index in [0.717, 1.165) is 12.1 Å². The van der Waals surface area contributed by atoms with Gasteiger partial charge in [0.05, 0.1) is 35.5 Å². The molecule has 0 spiro atoms. The summed E-state index contributed by atoms with van der Waals surface area (Å²) in [5.41, 5.74) is -3.47. The second-order valence-electron chi connectivity index (χ2n) is 5.67. The Labute approximate surface area is 146 Å². The predicted molar refractivity (Wildman–Crippen MR) is 85.6 cm³/mol. The number of aromatic nitrogens is 2. The summed E-state index contributed by atoms with van der Waals surface area (Å²) in [5.74, 6) is 1.40. The van der Waals surface area contributed by atoms with Gasteiger partial charge in [0.25, 0.3) is 5.91 Å². The standard InChI is InChI=1S/C17H13F3N4O2/c1-3-11-8-22-24(9-11)10-16(2,26)15(25)23-13-5-4-12(7-21)14(6-13)17(18,19)20/h1,4-6,8-9,26H,10H2,2H3,(H,23,25). The van der Waals surface area contributed by atoms with Crippen LogP contribution in [0.15, 0.2) is 30.6 Å². The summed E-state index contributed by atoms with van der Waals surface area (Å²) in [7, 11) is 0. The summed E-state index contributed by atoms with van der Waals surface area (Å²) in [6.45, 7) is 0.927. The fourth-order valence-electron chi connectivity index (χ4n) is 2.13. The third-order valence-corrected chi connectivity index (χ3v) is 3.46. The van der Waals surface area contributed by atoms with E-state index in [9.17, 15) is 23.1 Å². The van der Waals surface area contributed by atoms with Gasteiger partial charge in [-0.1, -0.05) is 5.92 Å². The van der Waals surface area contributed by atoms with E-state index in [2.05, 4.69) is 16.3 Å². The topological polar surface area (TPSA) is 90.9 Å². The van der Waals surface area contributed by atoms with Gasteiger partial charge in [-0.3, -0.25) is 9.48 Å². The van der Waals surface area contributed by atoms with Crippen LogP contribution in [-0.4, -0.2) is 26.4 Å². The van der Waals surface area contributed by atoms with Crippen molar-refractivity contribution in [2.75, 3.05) is 5.32 Å². The first-order chi connectivity index (χ1) is 12.1. The van der Waals surface area contributed by atoms with E-state index in [1.807, 2.05) is 0 Å². The Morgan fingerprint density at radius 3 is 2.69 bits per heavy atom. The van der Waals surface area contributed by atoms with Crippen molar-refractivity contribution in [3.8, 4) is 18.4 Å². The molecule has 1 aromatic carbocycles. The molecule has 6 nitrogen and oxygen atoms in total. The number of hydrogen-bond donors (Lipinski definition) is 2. The average molecular weight is 362 g/mol. The maximum Gasteiger partial charge on any atom is 0.417 e. The lowest BCUT2D eigenvalue weighted by Gasteiger charge is -2.22. The summed E-state index contributed by atoms with van der Waals surface area (Å²) < 4.78 is 40.2. The van der Waals surface area contributed by atoms with E-state index in [1.54, 1.807) is 0 Å². The molecule has 2 N–H and O–H groups in total. The first-order valence-electron chi connectivity index (χ1n) is 7.21. The lowest BCUT2D eigenvalue weighted by atomic mass is 10.0. The van der Waals surface area contributed by atoms with Crippen molar-refractivity contribution in [1.29, 1.82) is 5.26 Å². The van der Waals surface area contributed by atoms with Gasteiger partial charge < -0.3 is 10.4 Å². The summed E-state index contributed by atoms with van der Waals surface area (Å²) >= 11 is 0. The number of rotatable bonds is 4. The van der Waals surface area contributed by atoms with Gasteiger partial charge in [0, 0.05) is 11.9 Å². The molecular weight excluding hydrogens is 349 g/mol. The molecule has 0 bridgehead atoms. The van der Waals surface area contributed by atoms with Crippen LogP contribution in [0.1, 0.15) is 23.6 Å². The molecule has 0 saturated carbocycles. The van der Waals surface area contributed by atoms with Gasteiger partial charge in [-0.05, 0) is 25.1 Å². The van der Waals surface area contributed by atoms with Crippen LogP contribution in [0.5, 0.6) is 0 Å². The number of halogens is 3. The van der Waals surface area contributed by atoms with E-state index >= 15 is 0 Å². The zero-order valence-corrected chi connectivity index (χ0v) is 13.5. The number of benzene rings is 1. The third-order valence-electron chi connectivity index (χ3n) is 3.46. The molecule has 0 aliphatic heterocycles. The van der Waals surface area contributed by atoms with Crippen LogP contribution in [0.2, 0.25) is 0 Å². The van der Waals surface area contributed by atoms with E-state index in [1.165, 1.54) is 30.1 Å². The zero-order valence-electron chi connectivity index (χ0n) is 13.5. The Morgan fingerprint density at radius 1 is 1.46 bits per heavy atom. The number of amides is 1. The number of anilines is 1. The molecule has 0 saturated heterocycles. The maximum atomic E-state index is 13.0. The van der Waals surface area contributed by atoms with Crippen molar-refractivity contribution in [3.63, 3.8) is 0 Å². The van der Waals surface area contributed by atoms with Gasteiger partial charge in [0.1, 0.15) is 0 Å². The molecule has 9 heteroatoms. The van der Waals surface area contributed by atoms with Gasteiger partial charge in [-0.25, -0.2) is 0 Å². The molecule has 1 amide bonds. The molecule has 2 aromatic rings. The van der Waals surface area contributed by atoms with Crippen molar-refractivity contribution in [3.05, 3.63) is 47.3 Å². The average Bonchev–Trinajstić information content (AvgIpc) is 3.00.